The zero-order valence-electron chi connectivity index (χ0n) is 19.8. The van der Waals surface area contributed by atoms with Gasteiger partial charge in [0.05, 0.1) is 5.69 Å². The van der Waals surface area contributed by atoms with Gasteiger partial charge in [-0.15, -0.1) is 37.9 Å². The average molecular weight is 608 g/mol. The number of oxime groups is 1. The lowest BCUT2D eigenvalue weighted by atomic mass is 10.0. The molecule has 40 heavy (non-hydrogen) atoms. The van der Waals surface area contributed by atoms with Crippen molar-refractivity contribution in [2.24, 2.45) is 5.16 Å². The topological polar surface area (TPSA) is 266 Å². The largest absolute Gasteiger partial charge is 0.479 e. The summed E-state index contributed by atoms with van der Waals surface area (Å²) >= 11 is 3.47. The van der Waals surface area contributed by atoms with E-state index in [4.69, 9.17) is 21.4 Å². The van der Waals surface area contributed by atoms with Crippen LogP contribution in [0.4, 0.5) is 10.8 Å². The smallest absolute Gasteiger partial charge is 0.352 e. The quantitative estimate of drug-likeness (QED) is 0.0757. The predicted molar refractivity (Wildman–Crippen MR) is 140 cm³/mol. The van der Waals surface area contributed by atoms with Crippen LogP contribution in [0.1, 0.15) is 5.69 Å². The number of amides is 2. The number of aromatic nitrogens is 6. The van der Waals surface area contributed by atoms with Gasteiger partial charge in [0.2, 0.25) is 12.3 Å². The molecular formula is C19H17N11O7S3. The third-order valence-corrected chi connectivity index (χ3v) is 8.44. The van der Waals surface area contributed by atoms with Gasteiger partial charge in [0.25, 0.3) is 11.8 Å². The van der Waals surface area contributed by atoms with E-state index < -0.39 is 47.5 Å². The molecule has 0 aromatic carbocycles. The van der Waals surface area contributed by atoms with E-state index in [9.17, 15) is 24.3 Å². The number of nitrogens with zero attached hydrogens (tertiary/aromatic N) is 8. The van der Waals surface area contributed by atoms with E-state index in [1.54, 1.807) is 6.07 Å². The number of aliphatic carboxylic acids is 2. The fourth-order valence-corrected chi connectivity index (χ4v) is 6.66. The van der Waals surface area contributed by atoms with E-state index in [2.05, 4.69) is 36.1 Å². The highest BCUT2D eigenvalue weighted by atomic mass is 32.2. The highest BCUT2D eigenvalue weighted by molar-refractivity contribution is 8.01. The van der Waals surface area contributed by atoms with Crippen molar-refractivity contribution in [2.45, 2.75) is 16.4 Å². The molecule has 18 nitrogen and oxygen atoms in total. The first kappa shape index (κ1) is 27.1. The van der Waals surface area contributed by atoms with Gasteiger partial charge >= 0.3 is 11.9 Å². The molecular weight excluding hydrogens is 590 g/mol. The number of tetrazole rings is 1. The second-order valence-corrected chi connectivity index (χ2v) is 11.0. The number of nitrogens with one attached hydrogen (secondary N) is 1. The van der Waals surface area contributed by atoms with Crippen LogP contribution in [-0.4, -0.2) is 104 Å². The lowest BCUT2D eigenvalue weighted by Gasteiger charge is -2.49. The van der Waals surface area contributed by atoms with E-state index in [1.807, 2.05) is 0 Å². The summed E-state index contributed by atoms with van der Waals surface area (Å²) in [5, 5.41) is 41.3. The van der Waals surface area contributed by atoms with Crippen molar-refractivity contribution in [3.8, 4) is 0 Å². The molecule has 2 amide bonds. The summed E-state index contributed by atoms with van der Waals surface area (Å²) in [5.74, 6) is -3.70. The molecule has 0 saturated carbocycles. The Morgan fingerprint density at radius 2 is 2.10 bits per heavy atom. The zero-order chi connectivity index (χ0) is 28.6. The average Bonchev–Trinajstić information content (AvgIpc) is 3.56. The maximum absolute atomic E-state index is 13.1. The Labute approximate surface area is 234 Å². The highest BCUT2D eigenvalue weighted by Crippen LogP contribution is 2.41. The number of nitrogens with two attached hydrogens (primary N) is 2. The SMILES string of the molecule is Nc1nc(C(=NOCC(=O)O)C(=O)NC2C(=O)N3C(C(=O)O)=C(CSc4cc(N)c5nnnn5n4)CS[C@@H]23)cs1. The number of β-lactam (4-membered cyclic amide) rings is 1. The van der Waals surface area contributed by atoms with Crippen molar-refractivity contribution >= 4 is 80.8 Å². The van der Waals surface area contributed by atoms with Gasteiger partial charge in [-0.2, -0.15) is 0 Å². The molecule has 2 aliphatic rings. The number of thiazole rings is 1. The van der Waals surface area contributed by atoms with E-state index >= 15 is 0 Å². The van der Waals surface area contributed by atoms with Gasteiger partial charge in [-0.1, -0.05) is 16.9 Å². The Morgan fingerprint density at radius 1 is 1.30 bits per heavy atom. The van der Waals surface area contributed by atoms with Gasteiger partial charge < -0.3 is 31.8 Å². The number of fused-ring (bicyclic) bond motifs is 2. The molecule has 3 aromatic heterocycles. The molecule has 5 rings (SSSR count). The van der Waals surface area contributed by atoms with Crippen LogP contribution in [0, 0.1) is 0 Å². The molecule has 21 heteroatoms. The molecule has 2 aliphatic heterocycles. The van der Waals surface area contributed by atoms with Crippen molar-refractivity contribution in [2.75, 3.05) is 29.6 Å². The van der Waals surface area contributed by atoms with Crippen LogP contribution in [-0.2, 0) is 24.0 Å². The lowest BCUT2D eigenvalue weighted by molar-refractivity contribution is -0.150. The highest BCUT2D eigenvalue weighted by Gasteiger charge is 2.54. The molecule has 208 valence electrons. The van der Waals surface area contributed by atoms with Crippen LogP contribution in [0.15, 0.2) is 32.9 Å². The summed E-state index contributed by atoms with van der Waals surface area (Å²) in [6, 6.07) is 0.483. The van der Waals surface area contributed by atoms with Crippen LogP contribution in [0.5, 0.6) is 0 Å². The molecule has 0 bridgehead atoms. The molecule has 0 radical (unpaired) electrons. The fraction of sp³-hybridized carbons (Fsp3) is 0.263. The van der Waals surface area contributed by atoms with Crippen LogP contribution in [0.2, 0.25) is 0 Å². The maximum atomic E-state index is 13.1. The second-order valence-electron chi connectivity index (χ2n) is 8.01. The number of rotatable bonds is 10. The monoisotopic (exact) mass is 607 g/mol. The number of carboxylic acids is 2. The van der Waals surface area contributed by atoms with Gasteiger partial charge in [-0.05, 0) is 22.1 Å². The summed E-state index contributed by atoms with van der Waals surface area (Å²) in [6.07, 6.45) is 0. The number of carbonyl (C=O) groups excluding carboxylic acids is 2. The van der Waals surface area contributed by atoms with E-state index in [1.165, 1.54) is 28.9 Å². The summed E-state index contributed by atoms with van der Waals surface area (Å²) < 4.78 is 1.16. The number of carbonyl (C=O) groups is 4. The van der Waals surface area contributed by atoms with Gasteiger partial charge in [0.1, 0.15) is 27.8 Å². The van der Waals surface area contributed by atoms with Gasteiger partial charge in [-0.3, -0.25) is 14.5 Å². The summed E-state index contributed by atoms with van der Waals surface area (Å²) in [4.78, 5) is 58.8. The van der Waals surface area contributed by atoms with E-state index in [0.29, 0.717) is 16.3 Å². The van der Waals surface area contributed by atoms with Crippen molar-refractivity contribution in [3.63, 3.8) is 0 Å². The molecule has 1 fully saturated rings. The van der Waals surface area contributed by atoms with E-state index in [-0.39, 0.29) is 33.7 Å². The normalized spacial score (nSPS) is 18.9. The number of carboxylic acid groups (broad SMARTS) is 2. The van der Waals surface area contributed by atoms with Gasteiger partial charge in [0, 0.05) is 16.9 Å². The van der Waals surface area contributed by atoms with Crippen molar-refractivity contribution < 1.29 is 34.2 Å². The second kappa shape index (κ2) is 10.9. The van der Waals surface area contributed by atoms with Crippen molar-refractivity contribution in [1.82, 2.24) is 40.5 Å². The van der Waals surface area contributed by atoms with Gasteiger partial charge in [0.15, 0.2) is 10.8 Å². The molecule has 7 N–H and O–H groups in total. The lowest BCUT2D eigenvalue weighted by Crippen LogP contribution is -2.71. The number of nitrogen functional groups attached to an aromatic ring is 2. The van der Waals surface area contributed by atoms with Crippen LogP contribution in [0.25, 0.3) is 5.65 Å². The van der Waals surface area contributed by atoms with E-state index in [0.717, 1.165) is 20.9 Å². The molecule has 5 heterocycles. The minimum atomic E-state index is -1.32. The third kappa shape index (κ3) is 5.20. The predicted octanol–water partition coefficient (Wildman–Crippen LogP) is -1.52. The van der Waals surface area contributed by atoms with Crippen molar-refractivity contribution in [1.29, 1.82) is 0 Å². The minimum Gasteiger partial charge on any atom is -0.479 e. The first-order valence-corrected chi connectivity index (χ1v) is 13.9. The maximum Gasteiger partial charge on any atom is 0.352 e. The fourth-order valence-electron chi connectivity index (χ4n) is 3.73. The van der Waals surface area contributed by atoms with Crippen LogP contribution >= 0.6 is 34.9 Å². The summed E-state index contributed by atoms with van der Waals surface area (Å²) in [6.45, 7) is -0.815. The molecule has 2 atom stereocenters. The van der Waals surface area contributed by atoms with Crippen LogP contribution in [0.3, 0.4) is 0 Å². The molecule has 0 spiro atoms. The Kier molecular flexibility index (Phi) is 7.40. The summed E-state index contributed by atoms with van der Waals surface area (Å²) in [5.41, 5.74) is 12.1. The van der Waals surface area contributed by atoms with Gasteiger partial charge in [-0.25, -0.2) is 14.6 Å². The first-order chi connectivity index (χ1) is 19.1. The molecule has 3 aromatic rings. The molecule has 1 saturated heterocycles. The Hall–Kier alpha value is -4.50. The standard InChI is InChI=1S/C19H17N11O7S3/c20-7-1-9(25-30-14(7)24-27-28-30)38-3-6-4-39-17-12(16(34)29(17)13(6)18(35)36)23-15(33)11(26-37-2-10(31)32)8-5-40-19(21)22-8/h1,5,12,17H,2-4,20H2,(H2,21,22)(H,23,33)(H,31,32)(H,35,36)/t12?,17-/m0/s1. The van der Waals surface area contributed by atoms with Crippen LogP contribution < -0.4 is 16.8 Å². The molecule has 1 unspecified atom stereocenters. The van der Waals surface area contributed by atoms with Crippen molar-refractivity contribution in [3.05, 3.63) is 28.4 Å². The first-order valence-electron chi connectivity index (χ1n) is 11.0. The number of hydrogen-bond donors (Lipinski definition) is 5. The summed E-state index contributed by atoms with van der Waals surface area (Å²) in [7, 11) is 0. The number of hydrogen-bond acceptors (Lipinski definition) is 16. The minimum absolute atomic E-state index is 0.0184. The third-order valence-electron chi connectivity index (χ3n) is 5.44. The number of anilines is 2. The Bertz CT molecular complexity index is 1600. The Balaban J connectivity index is 1.31. The zero-order valence-corrected chi connectivity index (χ0v) is 22.3. The Morgan fingerprint density at radius 3 is 2.80 bits per heavy atom. The number of thioether (sulfide) groups is 2. The molecule has 0 aliphatic carbocycles.